The van der Waals surface area contributed by atoms with E-state index in [9.17, 15) is 4.79 Å². The van der Waals surface area contributed by atoms with E-state index in [1.807, 2.05) is 12.3 Å². The van der Waals surface area contributed by atoms with Gasteiger partial charge in [-0.1, -0.05) is 13.3 Å². The van der Waals surface area contributed by atoms with Gasteiger partial charge in [0, 0.05) is 22.8 Å². The lowest BCUT2D eigenvalue weighted by Gasteiger charge is -2.12. The second-order valence-corrected chi connectivity index (χ2v) is 5.51. The molecule has 0 bridgehead atoms. The van der Waals surface area contributed by atoms with Crippen LogP contribution in [0.25, 0.3) is 0 Å². The van der Waals surface area contributed by atoms with E-state index in [-0.39, 0.29) is 11.9 Å². The summed E-state index contributed by atoms with van der Waals surface area (Å²) in [6, 6.07) is 3.28. The monoisotopic (exact) mass is 290 g/mol. The third kappa shape index (κ3) is 3.54. The molecule has 2 heterocycles. The van der Waals surface area contributed by atoms with E-state index < -0.39 is 0 Å². The van der Waals surface area contributed by atoms with Gasteiger partial charge >= 0.3 is 0 Å². The minimum absolute atomic E-state index is 0.119. The van der Waals surface area contributed by atoms with Gasteiger partial charge in [-0.25, -0.2) is 9.97 Å². The molecular weight excluding hydrogens is 272 g/mol. The lowest BCUT2D eigenvalue weighted by Crippen LogP contribution is -2.26. The van der Waals surface area contributed by atoms with Gasteiger partial charge < -0.3 is 11.1 Å². The highest BCUT2D eigenvalue weighted by Gasteiger charge is 2.14. The molecule has 6 heteroatoms. The van der Waals surface area contributed by atoms with Gasteiger partial charge in [-0.2, -0.15) is 0 Å². The molecule has 2 aromatic rings. The number of nitrogens with one attached hydrogen (secondary N) is 1. The third-order valence-corrected chi connectivity index (χ3v) is 3.79. The fraction of sp³-hybridized carbons (Fsp3) is 0.357. The number of thiazole rings is 1. The minimum atomic E-state index is -0.154. The third-order valence-electron chi connectivity index (χ3n) is 2.84. The number of hydrogen-bond acceptors (Lipinski definition) is 5. The summed E-state index contributed by atoms with van der Waals surface area (Å²) < 4.78 is 0. The van der Waals surface area contributed by atoms with E-state index in [1.54, 1.807) is 18.3 Å². The van der Waals surface area contributed by atoms with Crippen molar-refractivity contribution in [1.29, 1.82) is 0 Å². The number of pyridine rings is 1. The van der Waals surface area contributed by atoms with Crippen LogP contribution >= 0.6 is 11.3 Å². The second-order valence-electron chi connectivity index (χ2n) is 4.59. The van der Waals surface area contributed by atoms with E-state index in [0.29, 0.717) is 11.4 Å². The number of nitrogen functional groups attached to an aromatic ring is 1. The molecule has 0 saturated heterocycles. The van der Waals surface area contributed by atoms with Crippen LogP contribution in [0.15, 0.2) is 23.7 Å². The molecule has 106 valence electrons. The molecule has 20 heavy (non-hydrogen) atoms. The van der Waals surface area contributed by atoms with Crippen LogP contribution in [0, 0.1) is 0 Å². The fourth-order valence-corrected chi connectivity index (χ4v) is 2.56. The van der Waals surface area contributed by atoms with Crippen LogP contribution in [0.1, 0.15) is 47.4 Å². The molecule has 0 fully saturated rings. The Labute approximate surface area is 122 Å². The molecule has 3 N–H and O–H groups in total. The zero-order chi connectivity index (χ0) is 14.5. The summed E-state index contributed by atoms with van der Waals surface area (Å²) in [7, 11) is 0. The van der Waals surface area contributed by atoms with Crippen molar-refractivity contribution in [3.8, 4) is 0 Å². The van der Waals surface area contributed by atoms with Crippen molar-refractivity contribution < 1.29 is 4.79 Å². The summed E-state index contributed by atoms with van der Waals surface area (Å²) in [5.74, 6) is 0.224. The maximum Gasteiger partial charge on any atom is 0.252 e. The summed E-state index contributed by atoms with van der Waals surface area (Å²) in [6.07, 6.45) is 3.51. The van der Waals surface area contributed by atoms with Crippen molar-refractivity contribution in [3.05, 3.63) is 40.0 Å². The molecule has 0 aromatic carbocycles. The van der Waals surface area contributed by atoms with Crippen LogP contribution in [0.3, 0.4) is 0 Å². The van der Waals surface area contributed by atoms with Gasteiger partial charge in [0.15, 0.2) is 0 Å². The molecule has 0 aliphatic carbocycles. The van der Waals surface area contributed by atoms with Crippen molar-refractivity contribution in [1.82, 2.24) is 15.3 Å². The lowest BCUT2D eigenvalue weighted by atomic mass is 10.1. The average Bonchev–Trinajstić information content (AvgIpc) is 2.92. The van der Waals surface area contributed by atoms with Crippen molar-refractivity contribution >= 4 is 23.1 Å². The molecule has 2 aromatic heterocycles. The van der Waals surface area contributed by atoms with Crippen LogP contribution in [0.2, 0.25) is 0 Å². The SMILES string of the molecule is CCCc1cc(C(=O)NC(C)c2nccs2)cc(N)n1. The molecule has 0 spiro atoms. The standard InChI is InChI=1S/C14H18N4OS/c1-3-4-11-7-10(8-12(15)18-11)13(19)17-9(2)14-16-5-6-20-14/h5-9H,3-4H2,1-2H3,(H2,15,18)(H,17,19). The number of aromatic nitrogens is 2. The van der Waals surface area contributed by atoms with Crippen LogP contribution < -0.4 is 11.1 Å². The van der Waals surface area contributed by atoms with E-state index in [2.05, 4.69) is 22.2 Å². The topological polar surface area (TPSA) is 80.9 Å². The first-order valence-corrected chi connectivity index (χ1v) is 7.44. The zero-order valence-electron chi connectivity index (χ0n) is 11.6. The first-order chi connectivity index (χ1) is 9.60. The lowest BCUT2D eigenvalue weighted by molar-refractivity contribution is 0.0939. The van der Waals surface area contributed by atoms with Crippen LogP contribution in [-0.2, 0) is 6.42 Å². The van der Waals surface area contributed by atoms with Gasteiger partial charge in [-0.05, 0) is 25.5 Å². The molecule has 1 unspecified atom stereocenters. The smallest absolute Gasteiger partial charge is 0.252 e. The molecule has 1 atom stereocenters. The number of hydrogen-bond donors (Lipinski definition) is 2. The molecule has 2 rings (SSSR count). The normalized spacial score (nSPS) is 12.1. The van der Waals surface area contributed by atoms with Gasteiger partial charge in [0.05, 0.1) is 6.04 Å². The molecule has 5 nitrogen and oxygen atoms in total. The summed E-state index contributed by atoms with van der Waals surface area (Å²) in [5.41, 5.74) is 7.14. The Balaban J connectivity index is 2.12. The van der Waals surface area contributed by atoms with E-state index >= 15 is 0 Å². The molecule has 1 amide bonds. The first kappa shape index (κ1) is 14.5. The second kappa shape index (κ2) is 6.47. The summed E-state index contributed by atoms with van der Waals surface area (Å²) in [5, 5.41) is 5.69. The van der Waals surface area contributed by atoms with E-state index in [0.717, 1.165) is 23.5 Å². The molecule has 0 aliphatic rings. The summed E-state index contributed by atoms with van der Waals surface area (Å²) in [6.45, 7) is 3.98. The Morgan fingerprint density at radius 3 is 2.95 bits per heavy atom. The predicted molar refractivity (Wildman–Crippen MR) is 80.6 cm³/mol. The minimum Gasteiger partial charge on any atom is -0.384 e. The summed E-state index contributed by atoms with van der Waals surface area (Å²) >= 11 is 1.52. The number of carbonyl (C=O) groups excluding carboxylic acids is 1. The van der Waals surface area contributed by atoms with Gasteiger partial charge in [0.1, 0.15) is 10.8 Å². The molecule has 0 radical (unpaired) electrons. The number of nitrogens with zero attached hydrogens (tertiary/aromatic N) is 2. The highest BCUT2D eigenvalue weighted by Crippen LogP contribution is 2.16. The Morgan fingerprint density at radius 1 is 1.50 bits per heavy atom. The number of aryl methyl sites for hydroxylation is 1. The maximum absolute atomic E-state index is 12.2. The fourth-order valence-electron chi connectivity index (χ4n) is 1.92. The van der Waals surface area contributed by atoms with Crippen LogP contribution in [-0.4, -0.2) is 15.9 Å². The molecule has 0 aliphatic heterocycles. The predicted octanol–water partition coefficient (Wildman–Crippen LogP) is 2.56. The Bertz CT molecular complexity index is 583. The first-order valence-electron chi connectivity index (χ1n) is 6.57. The van der Waals surface area contributed by atoms with Crippen LogP contribution in [0.5, 0.6) is 0 Å². The van der Waals surface area contributed by atoms with Crippen molar-refractivity contribution in [3.63, 3.8) is 0 Å². The van der Waals surface area contributed by atoms with Gasteiger partial charge in [0.2, 0.25) is 0 Å². The number of rotatable bonds is 5. The molecule has 0 saturated carbocycles. The van der Waals surface area contributed by atoms with Crippen molar-refractivity contribution in [2.75, 3.05) is 5.73 Å². The van der Waals surface area contributed by atoms with Gasteiger partial charge in [-0.3, -0.25) is 4.79 Å². The summed E-state index contributed by atoms with van der Waals surface area (Å²) in [4.78, 5) is 20.7. The van der Waals surface area contributed by atoms with Gasteiger partial charge in [-0.15, -0.1) is 11.3 Å². The highest BCUT2D eigenvalue weighted by atomic mass is 32.1. The van der Waals surface area contributed by atoms with E-state index in [4.69, 9.17) is 5.73 Å². The Morgan fingerprint density at radius 2 is 2.30 bits per heavy atom. The number of anilines is 1. The molecular formula is C14H18N4OS. The van der Waals surface area contributed by atoms with Gasteiger partial charge in [0.25, 0.3) is 5.91 Å². The largest absolute Gasteiger partial charge is 0.384 e. The Hall–Kier alpha value is -1.95. The highest BCUT2D eigenvalue weighted by molar-refractivity contribution is 7.09. The zero-order valence-corrected chi connectivity index (χ0v) is 12.4. The Kier molecular flexibility index (Phi) is 4.68. The van der Waals surface area contributed by atoms with Crippen molar-refractivity contribution in [2.24, 2.45) is 0 Å². The number of carbonyl (C=O) groups is 1. The average molecular weight is 290 g/mol. The van der Waals surface area contributed by atoms with E-state index in [1.165, 1.54) is 11.3 Å². The quantitative estimate of drug-likeness (QED) is 0.886. The van der Waals surface area contributed by atoms with Crippen LogP contribution in [0.4, 0.5) is 5.82 Å². The number of nitrogens with two attached hydrogens (primary N) is 1. The van der Waals surface area contributed by atoms with Crippen molar-refractivity contribution in [2.45, 2.75) is 32.7 Å². The maximum atomic E-state index is 12.2. The number of amides is 1.